The highest BCUT2D eigenvalue weighted by molar-refractivity contribution is 6.51. The maximum Gasteiger partial charge on any atom is 0.211 e. The van der Waals surface area contributed by atoms with Crippen molar-refractivity contribution in [1.29, 1.82) is 0 Å². The second-order valence-electron chi connectivity index (χ2n) is 9.54. The number of rotatable bonds is 9. The van der Waals surface area contributed by atoms with Gasteiger partial charge in [-0.2, -0.15) is 0 Å². The van der Waals surface area contributed by atoms with Crippen LogP contribution in [0.3, 0.4) is 0 Å². The van der Waals surface area contributed by atoms with Gasteiger partial charge in [0.1, 0.15) is 5.78 Å². The van der Waals surface area contributed by atoms with Crippen molar-refractivity contribution >= 4 is 14.8 Å². The summed E-state index contributed by atoms with van der Waals surface area (Å²) in [4.78, 5) is 12.3. The van der Waals surface area contributed by atoms with Crippen LogP contribution in [0.15, 0.2) is 0 Å². The molecule has 0 heterocycles. The van der Waals surface area contributed by atoms with Crippen LogP contribution in [0.25, 0.3) is 0 Å². The Morgan fingerprint density at radius 2 is 1.96 bits per heavy atom. The van der Waals surface area contributed by atoms with Crippen LogP contribution in [0.1, 0.15) is 92.9 Å². The molecule has 0 aliphatic heterocycles. The van der Waals surface area contributed by atoms with Crippen LogP contribution in [0.5, 0.6) is 0 Å². The Labute approximate surface area is 158 Å². The standard InChI is InChI=1S/C22H41O2Si/c1-7-25(8-2)24-21(4,5)15-9-11-17(3)18-13-14-19-20(23)12-10-16-22(18,19)6/h17-19H,7-16H2,1-6H3/t17-,18?,19+,22-/m1/s1. The molecule has 0 saturated heterocycles. The van der Waals surface area contributed by atoms with Crippen LogP contribution in [-0.4, -0.2) is 20.4 Å². The summed E-state index contributed by atoms with van der Waals surface area (Å²) in [6.45, 7) is 13.9. The number of carbonyl (C=O) groups excluding carboxylic acids is 1. The zero-order valence-corrected chi connectivity index (χ0v) is 18.6. The Hall–Kier alpha value is -0.153. The molecular weight excluding hydrogens is 324 g/mol. The van der Waals surface area contributed by atoms with Gasteiger partial charge < -0.3 is 4.43 Å². The summed E-state index contributed by atoms with van der Waals surface area (Å²) in [6.07, 6.45) is 9.35. The molecule has 2 nitrogen and oxygen atoms in total. The molecule has 2 rings (SSSR count). The summed E-state index contributed by atoms with van der Waals surface area (Å²) in [6, 6.07) is 2.41. The van der Waals surface area contributed by atoms with Gasteiger partial charge in [0.15, 0.2) is 0 Å². The molecule has 2 aliphatic carbocycles. The third kappa shape index (κ3) is 4.97. The second kappa shape index (κ2) is 8.69. The van der Waals surface area contributed by atoms with Crippen molar-refractivity contribution < 1.29 is 9.22 Å². The molecule has 145 valence electrons. The third-order valence-electron chi connectivity index (χ3n) is 7.27. The van der Waals surface area contributed by atoms with Crippen molar-refractivity contribution in [3.63, 3.8) is 0 Å². The van der Waals surface area contributed by atoms with E-state index in [9.17, 15) is 4.79 Å². The molecular formula is C22H41O2Si. The Bertz CT molecular complexity index is 443. The van der Waals surface area contributed by atoms with Crippen LogP contribution >= 0.6 is 0 Å². The second-order valence-corrected chi connectivity index (χ2v) is 12.2. The highest BCUT2D eigenvalue weighted by atomic mass is 28.3. The fourth-order valence-corrected chi connectivity index (χ4v) is 7.46. The third-order valence-corrected chi connectivity index (χ3v) is 9.69. The van der Waals surface area contributed by atoms with Crippen molar-refractivity contribution in [1.82, 2.24) is 0 Å². The van der Waals surface area contributed by atoms with Crippen molar-refractivity contribution in [2.75, 3.05) is 0 Å². The molecule has 1 unspecified atom stereocenters. The summed E-state index contributed by atoms with van der Waals surface area (Å²) in [5.74, 6) is 2.41. The van der Waals surface area contributed by atoms with Gasteiger partial charge in [-0.25, -0.2) is 0 Å². The zero-order chi connectivity index (χ0) is 18.7. The van der Waals surface area contributed by atoms with E-state index in [-0.39, 0.29) is 5.60 Å². The van der Waals surface area contributed by atoms with Gasteiger partial charge in [0.25, 0.3) is 0 Å². The van der Waals surface area contributed by atoms with E-state index in [0.717, 1.165) is 37.5 Å². The molecule has 3 heteroatoms. The number of hydrogen-bond acceptors (Lipinski definition) is 2. The van der Waals surface area contributed by atoms with Crippen LogP contribution in [0.4, 0.5) is 0 Å². The van der Waals surface area contributed by atoms with Crippen molar-refractivity contribution in [2.24, 2.45) is 23.2 Å². The molecule has 0 aromatic carbocycles. The van der Waals surface area contributed by atoms with Gasteiger partial charge in [-0.3, -0.25) is 4.79 Å². The molecule has 0 aromatic rings. The van der Waals surface area contributed by atoms with Crippen LogP contribution in [0, 0.1) is 23.2 Å². The predicted octanol–water partition coefficient (Wildman–Crippen LogP) is 6.40. The fourth-order valence-electron chi connectivity index (χ4n) is 5.79. The molecule has 0 amide bonds. The first-order chi connectivity index (χ1) is 11.7. The molecule has 25 heavy (non-hydrogen) atoms. The first kappa shape index (κ1) is 21.2. The van der Waals surface area contributed by atoms with Gasteiger partial charge in [-0.05, 0) is 75.3 Å². The Balaban J connectivity index is 1.84. The minimum absolute atomic E-state index is 0.0307. The molecule has 2 fully saturated rings. The normalized spacial score (nSPS) is 31.4. The average molecular weight is 366 g/mol. The smallest absolute Gasteiger partial charge is 0.211 e. The molecule has 0 bridgehead atoms. The molecule has 0 N–H and O–H groups in total. The van der Waals surface area contributed by atoms with E-state index >= 15 is 0 Å². The highest BCUT2D eigenvalue weighted by Crippen LogP contribution is 2.57. The lowest BCUT2D eigenvalue weighted by atomic mass is 9.62. The fraction of sp³-hybridized carbons (Fsp3) is 0.955. The SMILES string of the molecule is CC[Si](CC)OC(C)(C)CCC[C@@H](C)C1CC[C@H]2C(=O)CCC[C@]12C. The molecule has 0 aromatic heterocycles. The number of hydrogen-bond donors (Lipinski definition) is 0. The zero-order valence-electron chi connectivity index (χ0n) is 17.6. The maximum absolute atomic E-state index is 12.3. The van der Waals surface area contributed by atoms with Crippen molar-refractivity contribution in [3.8, 4) is 0 Å². The number of Topliss-reactive ketones (excluding diaryl/α,β-unsaturated/α-hetero) is 1. The summed E-state index contributed by atoms with van der Waals surface area (Å²) < 4.78 is 6.42. The minimum Gasteiger partial charge on any atom is -0.412 e. The van der Waals surface area contributed by atoms with E-state index in [1.54, 1.807) is 0 Å². The van der Waals surface area contributed by atoms with Gasteiger partial charge in [0.2, 0.25) is 9.04 Å². The van der Waals surface area contributed by atoms with E-state index in [4.69, 9.17) is 4.43 Å². The van der Waals surface area contributed by atoms with E-state index < -0.39 is 9.04 Å². The quantitative estimate of drug-likeness (QED) is 0.442. The lowest BCUT2D eigenvalue weighted by Crippen LogP contribution is -2.39. The van der Waals surface area contributed by atoms with Crippen LogP contribution in [0.2, 0.25) is 12.1 Å². The van der Waals surface area contributed by atoms with Crippen LogP contribution in [-0.2, 0) is 9.22 Å². The number of fused-ring (bicyclic) bond motifs is 1. The Morgan fingerprint density at radius 3 is 2.60 bits per heavy atom. The minimum atomic E-state index is -0.614. The van der Waals surface area contributed by atoms with Gasteiger partial charge in [0, 0.05) is 12.3 Å². The lowest BCUT2D eigenvalue weighted by molar-refractivity contribution is -0.130. The van der Waals surface area contributed by atoms with E-state index in [1.165, 1.54) is 37.8 Å². The first-order valence-electron chi connectivity index (χ1n) is 10.8. The molecule has 0 spiro atoms. The Morgan fingerprint density at radius 1 is 1.28 bits per heavy atom. The number of ketones is 1. The maximum atomic E-state index is 12.3. The summed E-state index contributed by atoms with van der Waals surface area (Å²) in [5, 5.41) is 0. The first-order valence-corrected chi connectivity index (χ1v) is 12.6. The summed E-state index contributed by atoms with van der Waals surface area (Å²) in [5.41, 5.74) is 0.324. The van der Waals surface area contributed by atoms with E-state index in [1.807, 2.05) is 0 Å². The monoisotopic (exact) mass is 365 g/mol. The molecule has 2 saturated carbocycles. The van der Waals surface area contributed by atoms with E-state index in [2.05, 4.69) is 41.5 Å². The molecule has 4 atom stereocenters. The topological polar surface area (TPSA) is 26.3 Å². The lowest BCUT2D eigenvalue weighted by Gasteiger charge is -2.42. The predicted molar refractivity (Wildman–Crippen MR) is 108 cm³/mol. The summed E-state index contributed by atoms with van der Waals surface area (Å²) in [7, 11) is -0.614. The molecule has 2 aliphatic rings. The van der Waals surface area contributed by atoms with Crippen LogP contribution < -0.4 is 0 Å². The van der Waals surface area contributed by atoms with Crippen molar-refractivity contribution in [3.05, 3.63) is 0 Å². The summed E-state index contributed by atoms with van der Waals surface area (Å²) >= 11 is 0. The van der Waals surface area contributed by atoms with Gasteiger partial charge >= 0.3 is 0 Å². The van der Waals surface area contributed by atoms with E-state index in [0.29, 0.717) is 17.1 Å². The van der Waals surface area contributed by atoms with Gasteiger partial charge in [0.05, 0.1) is 5.60 Å². The number of carbonyl (C=O) groups is 1. The molecule has 1 radical (unpaired) electrons. The highest BCUT2D eigenvalue weighted by Gasteiger charge is 2.52. The largest absolute Gasteiger partial charge is 0.412 e. The van der Waals surface area contributed by atoms with Crippen molar-refractivity contribution in [2.45, 2.75) is 111 Å². The average Bonchev–Trinajstić information content (AvgIpc) is 2.91. The Kier molecular flexibility index (Phi) is 7.35. The van der Waals surface area contributed by atoms with Gasteiger partial charge in [-0.15, -0.1) is 0 Å². The van der Waals surface area contributed by atoms with Gasteiger partial charge in [-0.1, -0.05) is 40.5 Å².